The van der Waals surface area contributed by atoms with Crippen LogP contribution in [0.1, 0.15) is 10.4 Å². The van der Waals surface area contributed by atoms with Crippen LogP contribution in [-0.4, -0.2) is 10.6 Å². The third kappa shape index (κ3) is 2.54. The summed E-state index contributed by atoms with van der Waals surface area (Å²) < 4.78 is 3.29. The van der Waals surface area contributed by atoms with Gasteiger partial charge in [-0.05, 0) is 46.3 Å². The van der Waals surface area contributed by atoms with Gasteiger partial charge in [-0.2, -0.15) is 0 Å². The number of rotatable bonds is 2. The minimum absolute atomic E-state index is 0.157. The largest absolute Gasteiger partial charge is 0.271 e. The Labute approximate surface area is 110 Å². The molecule has 5 heteroatoms. The average molecular weight is 344 g/mol. The lowest BCUT2D eigenvalue weighted by Crippen LogP contribution is -2.21. The smallest absolute Gasteiger partial charge is 0.268 e. The number of benzene rings is 1. The third-order valence-corrected chi connectivity index (χ3v) is 3.16. The molecule has 0 saturated heterocycles. The number of nitrogens with one attached hydrogen (secondary N) is 1. The highest BCUT2D eigenvalue weighted by Gasteiger charge is 2.09. The van der Waals surface area contributed by atoms with E-state index in [0.717, 1.165) is 8.95 Å². The molecule has 82 valence electrons. The van der Waals surface area contributed by atoms with Crippen molar-refractivity contribution in [2.75, 3.05) is 5.43 Å². The summed E-state index contributed by atoms with van der Waals surface area (Å²) in [5.74, 6) is -0.157. The molecule has 2 aromatic rings. The quantitative estimate of drug-likeness (QED) is 0.890. The SMILES string of the molecule is O=C(Nn1cccc1)c1ccc(Br)cc1Br. The van der Waals surface area contributed by atoms with E-state index in [0.29, 0.717) is 5.56 Å². The van der Waals surface area contributed by atoms with Crippen molar-refractivity contribution in [1.29, 1.82) is 0 Å². The minimum Gasteiger partial charge on any atom is -0.268 e. The average Bonchev–Trinajstić information content (AvgIpc) is 2.70. The first-order valence-corrected chi connectivity index (χ1v) is 6.15. The van der Waals surface area contributed by atoms with Crippen molar-refractivity contribution in [3.05, 3.63) is 57.2 Å². The second-order valence-electron chi connectivity index (χ2n) is 3.16. The molecule has 1 aromatic carbocycles. The molecule has 3 nitrogen and oxygen atoms in total. The summed E-state index contributed by atoms with van der Waals surface area (Å²) >= 11 is 6.69. The molecule has 1 amide bonds. The van der Waals surface area contributed by atoms with Crippen LogP contribution in [0.3, 0.4) is 0 Å². The zero-order chi connectivity index (χ0) is 11.5. The van der Waals surface area contributed by atoms with E-state index >= 15 is 0 Å². The van der Waals surface area contributed by atoms with Gasteiger partial charge in [0, 0.05) is 21.3 Å². The molecule has 0 spiro atoms. The molecular weight excluding hydrogens is 336 g/mol. The number of amides is 1. The van der Waals surface area contributed by atoms with Gasteiger partial charge in [0.05, 0.1) is 5.56 Å². The highest BCUT2D eigenvalue weighted by atomic mass is 79.9. The van der Waals surface area contributed by atoms with E-state index < -0.39 is 0 Å². The summed E-state index contributed by atoms with van der Waals surface area (Å²) in [5.41, 5.74) is 3.33. The third-order valence-electron chi connectivity index (χ3n) is 2.01. The number of aromatic nitrogens is 1. The molecule has 0 aliphatic rings. The van der Waals surface area contributed by atoms with E-state index in [1.807, 2.05) is 24.3 Å². The Morgan fingerprint density at radius 1 is 1.19 bits per heavy atom. The first-order chi connectivity index (χ1) is 7.66. The lowest BCUT2D eigenvalue weighted by atomic mass is 10.2. The van der Waals surface area contributed by atoms with Crippen LogP contribution in [-0.2, 0) is 0 Å². The molecule has 2 rings (SSSR count). The first kappa shape index (κ1) is 11.4. The van der Waals surface area contributed by atoms with Gasteiger partial charge in [-0.15, -0.1) is 0 Å². The number of carbonyl (C=O) groups excluding carboxylic acids is 1. The summed E-state index contributed by atoms with van der Waals surface area (Å²) in [6.45, 7) is 0. The molecule has 1 heterocycles. The Morgan fingerprint density at radius 2 is 1.88 bits per heavy atom. The first-order valence-electron chi connectivity index (χ1n) is 4.56. The predicted octanol–water partition coefficient (Wildman–Crippen LogP) is 3.40. The summed E-state index contributed by atoms with van der Waals surface area (Å²) in [6.07, 6.45) is 3.54. The Hall–Kier alpha value is -1.07. The van der Waals surface area contributed by atoms with Crippen LogP contribution in [0.15, 0.2) is 51.7 Å². The van der Waals surface area contributed by atoms with E-state index in [1.54, 1.807) is 23.1 Å². The van der Waals surface area contributed by atoms with Crippen LogP contribution in [0, 0.1) is 0 Å². The molecule has 0 radical (unpaired) electrons. The Kier molecular flexibility index (Phi) is 3.46. The monoisotopic (exact) mass is 342 g/mol. The molecule has 0 atom stereocenters. The minimum atomic E-state index is -0.157. The van der Waals surface area contributed by atoms with E-state index in [4.69, 9.17) is 0 Å². The maximum atomic E-state index is 11.9. The zero-order valence-corrected chi connectivity index (χ0v) is 11.3. The van der Waals surface area contributed by atoms with Crippen LogP contribution >= 0.6 is 31.9 Å². The van der Waals surface area contributed by atoms with Gasteiger partial charge in [0.15, 0.2) is 0 Å². The molecule has 0 bridgehead atoms. The number of hydrogen-bond acceptors (Lipinski definition) is 1. The van der Waals surface area contributed by atoms with Gasteiger partial charge in [0.1, 0.15) is 0 Å². The van der Waals surface area contributed by atoms with Crippen molar-refractivity contribution in [3.8, 4) is 0 Å². The Balaban J connectivity index is 2.21. The van der Waals surface area contributed by atoms with Crippen molar-refractivity contribution in [1.82, 2.24) is 4.68 Å². The van der Waals surface area contributed by atoms with Gasteiger partial charge in [0.25, 0.3) is 5.91 Å². The van der Waals surface area contributed by atoms with E-state index in [2.05, 4.69) is 37.3 Å². The molecule has 0 unspecified atom stereocenters. The fraction of sp³-hybridized carbons (Fsp3) is 0. The van der Waals surface area contributed by atoms with Gasteiger partial charge in [-0.25, -0.2) is 0 Å². The predicted molar refractivity (Wildman–Crippen MR) is 70.0 cm³/mol. The molecule has 1 N–H and O–H groups in total. The summed E-state index contributed by atoms with van der Waals surface area (Å²) in [7, 11) is 0. The van der Waals surface area contributed by atoms with Gasteiger partial charge in [0.2, 0.25) is 0 Å². The zero-order valence-electron chi connectivity index (χ0n) is 8.15. The molecule has 1 aromatic heterocycles. The van der Waals surface area contributed by atoms with Crippen molar-refractivity contribution in [3.63, 3.8) is 0 Å². The molecular formula is C11H8Br2N2O. The van der Waals surface area contributed by atoms with Crippen molar-refractivity contribution >= 4 is 37.8 Å². The topological polar surface area (TPSA) is 34.0 Å². The Morgan fingerprint density at radius 3 is 2.50 bits per heavy atom. The fourth-order valence-corrected chi connectivity index (χ4v) is 2.49. The van der Waals surface area contributed by atoms with Gasteiger partial charge in [-0.3, -0.25) is 14.9 Å². The van der Waals surface area contributed by atoms with Crippen LogP contribution in [0.25, 0.3) is 0 Å². The van der Waals surface area contributed by atoms with Crippen LogP contribution in [0.2, 0.25) is 0 Å². The number of nitrogens with zero attached hydrogens (tertiary/aromatic N) is 1. The van der Waals surface area contributed by atoms with Crippen molar-refractivity contribution in [2.45, 2.75) is 0 Å². The van der Waals surface area contributed by atoms with Gasteiger partial charge in [-0.1, -0.05) is 15.9 Å². The van der Waals surface area contributed by atoms with Crippen molar-refractivity contribution in [2.24, 2.45) is 0 Å². The second kappa shape index (κ2) is 4.84. The summed E-state index contributed by atoms with van der Waals surface area (Å²) in [6, 6.07) is 9.11. The normalized spacial score (nSPS) is 10.1. The lowest BCUT2D eigenvalue weighted by molar-refractivity contribution is 0.101. The number of carbonyl (C=O) groups is 1. The lowest BCUT2D eigenvalue weighted by Gasteiger charge is -2.07. The van der Waals surface area contributed by atoms with Gasteiger partial charge < -0.3 is 0 Å². The van der Waals surface area contributed by atoms with E-state index in [9.17, 15) is 4.79 Å². The molecule has 0 aliphatic carbocycles. The standard InChI is InChI=1S/C11H8Br2N2O/c12-8-3-4-9(10(13)7-8)11(16)14-15-5-1-2-6-15/h1-7H,(H,14,16). The number of hydrogen-bond donors (Lipinski definition) is 1. The van der Waals surface area contributed by atoms with Crippen molar-refractivity contribution < 1.29 is 4.79 Å². The highest BCUT2D eigenvalue weighted by molar-refractivity contribution is 9.11. The summed E-state index contributed by atoms with van der Waals surface area (Å²) in [4.78, 5) is 11.9. The maximum absolute atomic E-state index is 11.9. The van der Waals surface area contributed by atoms with Gasteiger partial charge >= 0.3 is 0 Å². The molecule has 0 fully saturated rings. The van der Waals surface area contributed by atoms with Crippen LogP contribution in [0.4, 0.5) is 0 Å². The highest BCUT2D eigenvalue weighted by Crippen LogP contribution is 2.21. The molecule has 0 aliphatic heterocycles. The summed E-state index contributed by atoms with van der Waals surface area (Å²) in [5, 5.41) is 0. The number of halogens is 2. The van der Waals surface area contributed by atoms with Crippen LogP contribution in [0.5, 0.6) is 0 Å². The van der Waals surface area contributed by atoms with Crippen LogP contribution < -0.4 is 5.43 Å². The van der Waals surface area contributed by atoms with E-state index in [-0.39, 0.29) is 5.91 Å². The molecule has 16 heavy (non-hydrogen) atoms. The maximum Gasteiger partial charge on any atom is 0.271 e. The molecule has 0 saturated carbocycles. The second-order valence-corrected chi connectivity index (χ2v) is 4.93. The fourth-order valence-electron chi connectivity index (χ4n) is 1.26. The Bertz CT molecular complexity index is 509. The van der Waals surface area contributed by atoms with E-state index in [1.165, 1.54) is 0 Å².